The summed E-state index contributed by atoms with van der Waals surface area (Å²) in [4.78, 5) is 16.4. The lowest BCUT2D eigenvalue weighted by Crippen LogP contribution is -2.64. The van der Waals surface area contributed by atoms with Gasteiger partial charge in [0.2, 0.25) is 0 Å². The largest absolute Gasteiger partial charge is 0.471 e. The van der Waals surface area contributed by atoms with Gasteiger partial charge in [-0.15, -0.1) is 0 Å². The summed E-state index contributed by atoms with van der Waals surface area (Å²) in [6.07, 6.45) is -4.80. The van der Waals surface area contributed by atoms with Gasteiger partial charge >= 0.3 is 12.1 Å². The first kappa shape index (κ1) is 12.2. The van der Waals surface area contributed by atoms with Crippen LogP contribution < -0.4 is 5.32 Å². The van der Waals surface area contributed by atoms with Gasteiger partial charge in [0.05, 0.1) is 11.1 Å². The summed E-state index contributed by atoms with van der Waals surface area (Å²) in [6.45, 7) is 1.10. The summed E-state index contributed by atoms with van der Waals surface area (Å²) in [5, 5.41) is 6.81. The predicted molar refractivity (Wildman–Crippen MR) is 52.4 cm³/mol. The van der Waals surface area contributed by atoms with Gasteiger partial charge in [-0.05, 0) is 0 Å². The third-order valence-corrected chi connectivity index (χ3v) is 3.09. The van der Waals surface area contributed by atoms with Crippen LogP contribution in [0, 0.1) is 5.41 Å². The first-order valence-electron chi connectivity index (χ1n) is 5.06. The van der Waals surface area contributed by atoms with Gasteiger partial charge in [0.15, 0.2) is 0 Å². The molecule has 0 unspecified atom stereocenters. The van der Waals surface area contributed by atoms with E-state index >= 15 is 0 Å². The Morgan fingerprint density at radius 1 is 1.53 bits per heavy atom. The van der Waals surface area contributed by atoms with Gasteiger partial charge in [-0.25, -0.2) is 0 Å². The molecular formula is C9H12F3N3O2. The summed E-state index contributed by atoms with van der Waals surface area (Å²) < 4.78 is 36.5. The van der Waals surface area contributed by atoms with Gasteiger partial charge in [0.25, 0.3) is 0 Å². The molecule has 2 heterocycles. The van der Waals surface area contributed by atoms with Crippen LogP contribution in [-0.4, -0.2) is 56.0 Å². The highest BCUT2D eigenvalue weighted by atomic mass is 19.4. The number of oxime groups is 1. The average Bonchev–Trinajstić information content (AvgIpc) is 2.57. The van der Waals surface area contributed by atoms with Crippen LogP contribution in [0.1, 0.15) is 0 Å². The SMILES string of the molecule is CO/N=C1\CNCC12CN(C(=O)C(F)(F)F)C2. The van der Waals surface area contributed by atoms with E-state index in [2.05, 4.69) is 15.3 Å². The zero-order chi connectivity index (χ0) is 12.7. The molecule has 17 heavy (non-hydrogen) atoms. The summed E-state index contributed by atoms with van der Waals surface area (Å²) >= 11 is 0. The lowest BCUT2D eigenvalue weighted by atomic mass is 9.77. The number of hydrogen-bond acceptors (Lipinski definition) is 4. The molecular weight excluding hydrogens is 239 g/mol. The maximum atomic E-state index is 12.2. The molecule has 1 spiro atoms. The third-order valence-electron chi connectivity index (χ3n) is 3.09. The van der Waals surface area contributed by atoms with E-state index in [4.69, 9.17) is 0 Å². The second-order valence-electron chi connectivity index (χ2n) is 4.26. The Bertz CT molecular complexity index is 361. The van der Waals surface area contributed by atoms with E-state index in [1.807, 2.05) is 0 Å². The van der Waals surface area contributed by atoms with Gasteiger partial charge in [-0.2, -0.15) is 13.2 Å². The molecule has 2 rings (SSSR count). The number of carbonyl (C=O) groups excluding carboxylic acids is 1. The quantitative estimate of drug-likeness (QED) is 0.666. The Morgan fingerprint density at radius 3 is 2.71 bits per heavy atom. The zero-order valence-corrected chi connectivity index (χ0v) is 9.17. The first-order chi connectivity index (χ1) is 7.89. The predicted octanol–water partition coefficient (Wildman–Crippen LogP) is -0.0171. The minimum Gasteiger partial charge on any atom is -0.399 e. The molecule has 2 aliphatic heterocycles. The van der Waals surface area contributed by atoms with E-state index in [-0.39, 0.29) is 13.1 Å². The summed E-state index contributed by atoms with van der Waals surface area (Å²) in [5.74, 6) is -1.79. The molecule has 0 aromatic carbocycles. The molecule has 8 heteroatoms. The van der Waals surface area contributed by atoms with E-state index in [9.17, 15) is 18.0 Å². The Balaban J connectivity index is 2.02. The second-order valence-corrected chi connectivity index (χ2v) is 4.26. The lowest BCUT2D eigenvalue weighted by molar-refractivity contribution is -0.193. The second kappa shape index (κ2) is 3.86. The minimum absolute atomic E-state index is 0.0422. The molecule has 2 fully saturated rings. The normalized spacial score (nSPS) is 25.2. The molecule has 5 nitrogen and oxygen atoms in total. The molecule has 0 aromatic heterocycles. The van der Waals surface area contributed by atoms with Crippen LogP contribution in [0.15, 0.2) is 5.16 Å². The highest BCUT2D eigenvalue weighted by Crippen LogP contribution is 2.36. The van der Waals surface area contributed by atoms with E-state index < -0.39 is 17.5 Å². The lowest BCUT2D eigenvalue weighted by Gasteiger charge is -2.47. The first-order valence-corrected chi connectivity index (χ1v) is 5.06. The van der Waals surface area contributed by atoms with Crippen molar-refractivity contribution in [2.24, 2.45) is 10.6 Å². The third kappa shape index (κ3) is 1.97. The highest BCUT2D eigenvalue weighted by Gasteiger charge is 2.56. The smallest absolute Gasteiger partial charge is 0.399 e. The number of hydrogen-bond donors (Lipinski definition) is 1. The number of nitrogens with one attached hydrogen (secondary N) is 1. The van der Waals surface area contributed by atoms with Crippen molar-refractivity contribution in [1.29, 1.82) is 0 Å². The van der Waals surface area contributed by atoms with Crippen molar-refractivity contribution in [3.63, 3.8) is 0 Å². The van der Waals surface area contributed by atoms with E-state index in [1.54, 1.807) is 0 Å². The van der Waals surface area contributed by atoms with Crippen molar-refractivity contribution in [2.75, 3.05) is 33.3 Å². The fraction of sp³-hybridized carbons (Fsp3) is 0.778. The number of carbonyl (C=O) groups is 1. The number of alkyl halides is 3. The van der Waals surface area contributed by atoms with Gasteiger partial charge < -0.3 is 15.1 Å². The molecule has 0 atom stereocenters. The fourth-order valence-electron chi connectivity index (χ4n) is 2.25. The minimum atomic E-state index is -4.80. The number of rotatable bonds is 1. The standard InChI is InChI=1S/C9H12F3N3O2/c1-17-14-6-2-13-3-8(6)4-15(5-8)7(16)9(10,11)12/h13H,2-5H2,1H3/b14-6+. The van der Waals surface area contributed by atoms with E-state index in [0.29, 0.717) is 18.8 Å². The molecule has 0 radical (unpaired) electrons. The van der Waals surface area contributed by atoms with Crippen LogP contribution in [0.2, 0.25) is 0 Å². The number of halogens is 3. The maximum absolute atomic E-state index is 12.2. The Labute approximate surface area is 95.6 Å². The molecule has 0 bridgehead atoms. The maximum Gasteiger partial charge on any atom is 0.471 e. The van der Waals surface area contributed by atoms with Crippen LogP contribution in [0.3, 0.4) is 0 Å². The monoisotopic (exact) mass is 251 g/mol. The molecule has 0 aromatic rings. The molecule has 1 amide bonds. The van der Waals surface area contributed by atoms with Crippen LogP contribution in [0.4, 0.5) is 13.2 Å². The van der Waals surface area contributed by atoms with Gasteiger partial charge in [-0.1, -0.05) is 5.16 Å². The number of nitrogens with zero attached hydrogens (tertiary/aromatic N) is 2. The summed E-state index contributed by atoms with van der Waals surface area (Å²) in [6, 6.07) is 0. The van der Waals surface area contributed by atoms with Gasteiger partial charge in [0, 0.05) is 26.2 Å². The molecule has 1 N–H and O–H groups in total. The molecule has 0 saturated carbocycles. The zero-order valence-electron chi connectivity index (χ0n) is 9.17. The van der Waals surface area contributed by atoms with Crippen molar-refractivity contribution in [2.45, 2.75) is 6.18 Å². The van der Waals surface area contributed by atoms with Gasteiger partial charge in [-0.3, -0.25) is 4.79 Å². The van der Waals surface area contributed by atoms with Crippen LogP contribution in [0.25, 0.3) is 0 Å². The van der Waals surface area contributed by atoms with E-state index in [1.165, 1.54) is 7.11 Å². The number of likely N-dealkylation sites (tertiary alicyclic amines) is 1. The van der Waals surface area contributed by atoms with Crippen molar-refractivity contribution in [3.05, 3.63) is 0 Å². The highest BCUT2D eigenvalue weighted by molar-refractivity contribution is 5.97. The Morgan fingerprint density at radius 2 is 2.18 bits per heavy atom. The van der Waals surface area contributed by atoms with Crippen molar-refractivity contribution in [3.8, 4) is 0 Å². The molecule has 2 aliphatic rings. The van der Waals surface area contributed by atoms with E-state index in [0.717, 1.165) is 4.90 Å². The van der Waals surface area contributed by atoms with Gasteiger partial charge in [0.1, 0.15) is 7.11 Å². The topological polar surface area (TPSA) is 53.9 Å². The van der Waals surface area contributed by atoms with Crippen LogP contribution >= 0.6 is 0 Å². The van der Waals surface area contributed by atoms with Crippen molar-refractivity contribution >= 4 is 11.6 Å². The average molecular weight is 251 g/mol. The molecule has 96 valence electrons. The summed E-state index contributed by atoms with van der Waals surface area (Å²) in [5.41, 5.74) is 0.197. The Kier molecular flexibility index (Phi) is 2.76. The molecule has 2 saturated heterocycles. The van der Waals surface area contributed by atoms with Crippen LogP contribution in [-0.2, 0) is 9.63 Å². The summed E-state index contributed by atoms with van der Waals surface area (Å²) in [7, 11) is 1.39. The van der Waals surface area contributed by atoms with Crippen LogP contribution in [0.5, 0.6) is 0 Å². The fourth-order valence-corrected chi connectivity index (χ4v) is 2.25. The van der Waals surface area contributed by atoms with Crippen molar-refractivity contribution < 1.29 is 22.8 Å². The van der Waals surface area contributed by atoms with Crippen molar-refractivity contribution in [1.82, 2.24) is 10.2 Å². The number of amides is 1. The Hall–Kier alpha value is -1.31. The molecule has 0 aliphatic carbocycles.